The summed E-state index contributed by atoms with van der Waals surface area (Å²) in [7, 11) is 2.83. The Hall–Kier alpha value is -3.14. The van der Waals surface area contributed by atoms with Crippen LogP contribution in [0, 0.1) is 5.82 Å². The van der Waals surface area contributed by atoms with Gasteiger partial charge in [0.15, 0.2) is 11.6 Å². The molecule has 1 saturated heterocycles. The Labute approximate surface area is 177 Å². The number of aromatic carboxylic acids is 1. The number of hydrogen-bond acceptors (Lipinski definition) is 7. The number of rotatable bonds is 5. The van der Waals surface area contributed by atoms with Gasteiger partial charge in [-0.15, -0.1) is 0 Å². The lowest BCUT2D eigenvalue weighted by Gasteiger charge is -2.39. The Morgan fingerprint density at radius 3 is 2.68 bits per heavy atom. The van der Waals surface area contributed by atoms with Crippen molar-refractivity contribution in [2.45, 2.75) is 37.8 Å². The van der Waals surface area contributed by atoms with Crippen molar-refractivity contribution in [3.05, 3.63) is 33.9 Å². The van der Waals surface area contributed by atoms with Crippen LogP contribution in [0.4, 0.5) is 10.1 Å². The van der Waals surface area contributed by atoms with Gasteiger partial charge in [-0.1, -0.05) is 5.16 Å². The summed E-state index contributed by atoms with van der Waals surface area (Å²) in [6.45, 7) is 2.50. The van der Waals surface area contributed by atoms with E-state index in [0.29, 0.717) is 24.2 Å². The van der Waals surface area contributed by atoms with Gasteiger partial charge >= 0.3 is 5.97 Å². The average Bonchev–Trinajstić information content (AvgIpc) is 3.54. The lowest BCUT2D eigenvalue weighted by atomic mass is 9.88. The first-order valence-corrected chi connectivity index (χ1v) is 10.0. The van der Waals surface area contributed by atoms with Gasteiger partial charge in [0.05, 0.1) is 35.8 Å². The number of fused-ring (bicyclic) bond motifs is 1. The molecule has 0 radical (unpaired) electrons. The first kappa shape index (κ1) is 21.1. The molecule has 1 aromatic carbocycles. The Kier molecular flexibility index (Phi) is 5.12. The summed E-state index contributed by atoms with van der Waals surface area (Å²) < 4.78 is 22.7. The van der Waals surface area contributed by atoms with Gasteiger partial charge in [-0.05, 0) is 32.3 Å². The molecule has 3 N–H and O–H groups in total. The summed E-state index contributed by atoms with van der Waals surface area (Å²) in [5.74, 6) is -1.83. The predicted octanol–water partition coefficient (Wildman–Crippen LogP) is 2.11. The fourth-order valence-electron chi connectivity index (χ4n) is 4.11. The van der Waals surface area contributed by atoms with Gasteiger partial charge < -0.3 is 29.9 Å². The van der Waals surface area contributed by atoms with Gasteiger partial charge in [-0.3, -0.25) is 4.79 Å². The van der Waals surface area contributed by atoms with Gasteiger partial charge in [-0.2, -0.15) is 0 Å². The second-order valence-corrected chi connectivity index (χ2v) is 8.26. The lowest BCUT2D eigenvalue weighted by Crippen LogP contribution is -2.56. The second-order valence-electron chi connectivity index (χ2n) is 8.26. The minimum absolute atomic E-state index is 0.0173. The molecule has 1 unspecified atom stereocenters. The van der Waals surface area contributed by atoms with E-state index in [9.17, 15) is 14.7 Å². The maximum absolute atomic E-state index is 15.4. The highest BCUT2D eigenvalue weighted by molar-refractivity contribution is 6.00. The zero-order valence-electron chi connectivity index (χ0n) is 17.6. The number of carboxylic acids is 1. The highest BCUT2D eigenvalue weighted by Gasteiger charge is 2.37. The van der Waals surface area contributed by atoms with Crippen molar-refractivity contribution in [3.8, 4) is 5.75 Å². The van der Waals surface area contributed by atoms with Crippen molar-refractivity contribution in [1.82, 2.24) is 4.57 Å². The molecular formula is C21H25FN4O5. The van der Waals surface area contributed by atoms with E-state index in [-0.39, 0.29) is 35.0 Å². The predicted molar refractivity (Wildman–Crippen MR) is 114 cm³/mol. The van der Waals surface area contributed by atoms with Gasteiger partial charge in [0.25, 0.3) is 0 Å². The molecule has 2 heterocycles. The zero-order valence-corrected chi connectivity index (χ0v) is 17.6. The first-order valence-electron chi connectivity index (χ1n) is 10.0. The molecule has 166 valence electrons. The number of halogens is 1. The van der Waals surface area contributed by atoms with E-state index in [1.165, 1.54) is 20.4 Å². The molecule has 2 aromatic rings. The van der Waals surface area contributed by atoms with E-state index in [1.54, 1.807) is 9.47 Å². The van der Waals surface area contributed by atoms with Crippen LogP contribution in [-0.4, -0.2) is 54.2 Å². The van der Waals surface area contributed by atoms with Gasteiger partial charge in [-0.25, -0.2) is 9.18 Å². The number of hydrogen-bond donors (Lipinski definition) is 2. The maximum Gasteiger partial charge on any atom is 0.341 e. The lowest BCUT2D eigenvalue weighted by molar-refractivity contribution is 0.0695. The number of nitrogens with two attached hydrogens (primary N) is 1. The zero-order chi connectivity index (χ0) is 22.5. The second kappa shape index (κ2) is 7.52. The normalized spacial score (nSPS) is 22.7. The fraction of sp³-hybridized carbons (Fsp3) is 0.476. The molecule has 1 aliphatic heterocycles. The third-order valence-electron chi connectivity index (χ3n) is 5.99. The van der Waals surface area contributed by atoms with Crippen molar-refractivity contribution >= 4 is 28.3 Å². The molecule has 0 spiro atoms. The number of oxime groups is 1. The summed E-state index contributed by atoms with van der Waals surface area (Å²) in [4.78, 5) is 31.1. The number of methoxy groups -OCH3 is 1. The summed E-state index contributed by atoms with van der Waals surface area (Å²) in [5, 5.41) is 13.5. The number of nitrogens with zero attached hydrogens (tertiary/aromatic N) is 3. The molecule has 2 fully saturated rings. The Morgan fingerprint density at radius 2 is 2.10 bits per heavy atom. The largest absolute Gasteiger partial charge is 0.492 e. The number of aromatic nitrogens is 1. The van der Waals surface area contributed by atoms with Crippen LogP contribution < -0.4 is 20.8 Å². The molecule has 0 bridgehead atoms. The highest BCUT2D eigenvalue weighted by atomic mass is 19.1. The van der Waals surface area contributed by atoms with E-state index in [0.717, 1.165) is 18.9 Å². The third-order valence-corrected chi connectivity index (χ3v) is 5.99. The van der Waals surface area contributed by atoms with Crippen LogP contribution in [0.15, 0.2) is 22.2 Å². The van der Waals surface area contributed by atoms with E-state index >= 15 is 4.39 Å². The number of pyridine rings is 1. The molecule has 1 aromatic heterocycles. The van der Waals surface area contributed by atoms with Crippen LogP contribution in [0.2, 0.25) is 0 Å². The van der Waals surface area contributed by atoms with Crippen LogP contribution in [0.3, 0.4) is 0 Å². The van der Waals surface area contributed by atoms with E-state index < -0.39 is 22.8 Å². The third kappa shape index (κ3) is 3.50. The number of anilines is 1. The van der Waals surface area contributed by atoms with Gasteiger partial charge in [0, 0.05) is 18.8 Å². The summed E-state index contributed by atoms with van der Waals surface area (Å²) >= 11 is 0. The van der Waals surface area contributed by atoms with E-state index in [2.05, 4.69) is 5.16 Å². The quantitative estimate of drug-likeness (QED) is 0.695. The maximum atomic E-state index is 15.4. The number of benzene rings is 1. The number of piperidine rings is 1. The molecule has 4 rings (SSSR count). The molecular weight excluding hydrogens is 407 g/mol. The van der Waals surface area contributed by atoms with Crippen molar-refractivity contribution in [2.75, 3.05) is 32.2 Å². The van der Waals surface area contributed by atoms with Crippen LogP contribution in [-0.2, 0) is 4.84 Å². The molecule has 31 heavy (non-hydrogen) atoms. The average molecular weight is 432 g/mol. The summed E-state index contributed by atoms with van der Waals surface area (Å²) in [5.41, 5.74) is 5.64. The summed E-state index contributed by atoms with van der Waals surface area (Å²) in [6.07, 6.45) is 3.52. The highest BCUT2D eigenvalue weighted by Crippen LogP contribution is 2.44. The van der Waals surface area contributed by atoms with Crippen molar-refractivity contribution in [2.24, 2.45) is 10.9 Å². The van der Waals surface area contributed by atoms with Crippen LogP contribution >= 0.6 is 0 Å². The SMILES string of the molecule is CO/N=C1\CN(c2c(F)cc3c(=O)c(C(=O)O)cn(C4CC4)c3c2OC)CCC1(C)N. The minimum atomic E-state index is -1.34. The van der Waals surface area contributed by atoms with Crippen LogP contribution in [0.25, 0.3) is 10.9 Å². The van der Waals surface area contributed by atoms with Crippen LogP contribution in [0.5, 0.6) is 5.75 Å². The minimum Gasteiger partial charge on any atom is -0.492 e. The number of carbonyl (C=O) groups is 1. The molecule has 0 amide bonds. The number of carboxylic acid groups (broad SMARTS) is 1. The van der Waals surface area contributed by atoms with E-state index in [1.807, 2.05) is 6.92 Å². The molecule has 9 nitrogen and oxygen atoms in total. The Morgan fingerprint density at radius 1 is 1.39 bits per heavy atom. The molecule has 2 aliphatic rings. The van der Waals surface area contributed by atoms with Crippen molar-refractivity contribution in [3.63, 3.8) is 0 Å². The Balaban J connectivity index is 1.96. The standard InChI is InChI=1S/C21H25FN4O5/c1-21(23)6-7-25(10-15(21)24-31-3)17-14(22)8-12-16(19(17)30-2)26(11-4-5-11)9-13(18(12)27)20(28)29/h8-9,11H,4-7,10,23H2,1-3H3,(H,28,29)/b24-15+. The first-order chi connectivity index (χ1) is 14.7. The topological polar surface area (TPSA) is 119 Å². The molecule has 1 saturated carbocycles. The van der Waals surface area contributed by atoms with Crippen molar-refractivity contribution in [1.29, 1.82) is 0 Å². The van der Waals surface area contributed by atoms with Gasteiger partial charge in [0.1, 0.15) is 18.4 Å². The number of ether oxygens (including phenoxy) is 1. The Bertz CT molecular complexity index is 1150. The molecule has 1 atom stereocenters. The monoisotopic (exact) mass is 432 g/mol. The molecule has 10 heteroatoms. The smallest absolute Gasteiger partial charge is 0.341 e. The van der Waals surface area contributed by atoms with Crippen molar-refractivity contribution < 1.29 is 23.9 Å². The summed E-state index contributed by atoms with van der Waals surface area (Å²) in [6, 6.07) is 1.14. The van der Waals surface area contributed by atoms with Crippen LogP contribution in [0.1, 0.15) is 42.6 Å². The fourth-order valence-corrected chi connectivity index (χ4v) is 4.11. The van der Waals surface area contributed by atoms with Gasteiger partial charge in [0.2, 0.25) is 5.43 Å². The van der Waals surface area contributed by atoms with E-state index in [4.69, 9.17) is 15.3 Å². The molecule has 1 aliphatic carbocycles.